The van der Waals surface area contributed by atoms with Crippen molar-refractivity contribution in [3.05, 3.63) is 52.7 Å². The van der Waals surface area contributed by atoms with Gasteiger partial charge in [-0.25, -0.2) is 0 Å². The van der Waals surface area contributed by atoms with Crippen molar-refractivity contribution in [1.82, 2.24) is 9.29 Å². The highest BCUT2D eigenvalue weighted by Gasteiger charge is 2.14. The minimum atomic E-state index is -0.0527. The Hall–Kier alpha value is -1.52. The zero-order valence-electron chi connectivity index (χ0n) is 11.6. The van der Waals surface area contributed by atoms with Crippen molar-refractivity contribution in [3.63, 3.8) is 0 Å². The molecule has 0 aliphatic rings. The molecule has 2 aromatic rings. The van der Waals surface area contributed by atoms with E-state index >= 15 is 0 Å². The van der Waals surface area contributed by atoms with Gasteiger partial charge >= 0.3 is 0 Å². The van der Waals surface area contributed by atoms with Gasteiger partial charge in [-0.05, 0) is 37.3 Å². The van der Waals surface area contributed by atoms with E-state index in [1.807, 2.05) is 31.4 Å². The van der Waals surface area contributed by atoms with Crippen LogP contribution in [0.15, 0.2) is 36.4 Å². The molecule has 0 bridgehead atoms. The molecule has 0 N–H and O–H groups in total. The number of pyridine rings is 1. The van der Waals surface area contributed by atoms with Crippen LogP contribution in [0.1, 0.15) is 16.1 Å². The fraction of sp³-hybridized carbons (Fsp3) is 0.200. The number of nitrogens with zero attached hydrogens (tertiary/aromatic N) is 2. The molecule has 0 spiro atoms. The number of carbonyl (C=O) groups excluding carboxylic acids is 1. The van der Waals surface area contributed by atoms with Gasteiger partial charge in [0.05, 0.1) is 10.7 Å². The Kier molecular flexibility index (Phi) is 4.68. The quantitative estimate of drug-likeness (QED) is 0.802. The van der Waals surface area contributed by atoms with E-state index in [9.17, 15) is 4.79 Å². The topological polar surface area (TPSA) is 33.2 Å². The third-order valence-electron chi connectivity index (χ3n) is 2.94. The Labute approximate surface area is 128 Å². The van der Waals surface area contributed by atoms with Gasteiger partial charge in [-0.3, -0.25) is 14.1 Å². The molecule has 0 fully saturated rings. The van der Waals surface area contributed by atoms with Gasteiger partial charge in [0, 0.05) is 30.1 Å². The predicted molar refractivity (Wildman–Crippen MR) is 85.0 cm³/mol. The summed E-state index contributed by atoms with van der Waals surface area (Å²) < 4.78 is 1.58. The van der Waals surface area contributed by atoms with E-state index in [-0.39, 0.29) is 5.91 Å². The first-order chi connectivity index (χ1) is 9.52. The molecule has 1 aromatic carbocycles. The highest BCUT2D eigenvalue weighted by Crippen LogP contribution is 2.28. The molecule has 0 saturated heterocycles. The summed E-state index contributed by atoms with van der Waals surface area (Å²) >= 11 is 7.60. The van der Waals surface area contributed by atoms with Gasteiger partial charge in [-0.2, -0.15) is 0 Å². The van der Waals surface area contributed by atoms with Crippen LogP contribution < -0.4 is 0 Å². The molecule has 20 heavy (non-hydrogen) atoms. The number of aryl methyl sites for hydroxylation is 1. The monoisotopic (exact) mass is 306 g/mol. The number of benzene rings is 1. The van der Waals surface area contributed by atoms with Gasteiger partial charge < -0.3 is 0 Å². The Morgan fingerprint density at radius 3 is 2.70 bits per heavy atom. The van der Waals surface area contributed by atoms with Gasteiger partial charge in [0.2, 0.25) is 0 Å². The summed E-state index contributed by atoms with van der Waals surface area (Å²) in [6, 6.07) is 11.0. The zero-order valence-corrected chi connectivity index (χ0v) is 13.1. The highest BCUT2D eigenvalue weighted by molar-refractivity contribution is 7.96. The van der Waals surface area contributed by atoms with Crippen LogP contribution in [-0.2, 0) is 0 Å². The van der Waals surface area contributed by atoms with Gasteiger partial charge in [0.25, 0.3) is 5.91 Å². The summed E-state index contributed by atoms with van der Waals surface area (Å²) in [5.41, 5.74) is 3.06. The van der Waals surface area contributed by atoms with E-state index in [2.05, 4.69) is 4.98 Å². The lowest BCUT2D eigenvalue weighted by molar-refractivity contribution is 0.0892. The van der Waals surface area contributed by atoms with Crippen molar-refractivity contribution in [1.29, 1.82) is 0 Å². The Morgan fingerprint density at radius 2 is 2.05 bits per heavy atom. The van der Waals surface area contributed by atoms with Crippen LogP contribution in [0.3, 0.4) is 0 Å². The fourth-order valence-electron chi connectivity index (χ4n) is 1.81. The summed E-state index contributed by atoms with van der Waals surface area (Å²) in [6.45, 7) is 1.92. The molecule has 2 rings (SSSR count). The van der Waals surface area contributed by atoms with Gasteiger partial charge in [0.15, 0.2) is 0 Å². The first kappa shape index (κ1) is 14.9. The second-order valence-corrected chi connectivity index (χ2v) is 5.66. The van der Waals surface area contributed by atoms with Crippen molar-refractivity contribution >= 4 is 29.5 Å². The van der Waals surface area contributed by atoms with E-state index in [4.69, 9.17) is 11.6 Å². The molecule has 0 radical (unpaired) electrons. The van der Waals surface area contributed by atoms with E-state index in [1.54, 1.807) is 29.6 Å². The Balaban J connectivity index is 2.47. The molecule has 0 saturated carbocycles. The molecular formula is C15H15ClN2OS. The second-order valence-electron chi connectivity index (χ2n) is 4.34. The van der Waals surface area contributed by atoms with Crippen LogP contribution in [0.2, 0.25) is 5.02 Å². The van der Waals surface area contributed by atoms with Crippen molar-refractivity contribution < 1.29 is 4.79 Å². The maximum atomic E-state index is 12.2. The van der Waals surface area contributed by atoms with Gasteiger partial charge in [0.1, 0.15) is 0 Å². The van der Waals surface area contributed by atoms with Gasteiger partial charge in [-0.1, -0.05) is 29.6 Å². The number of carbonyl (C=O) groups is 1. The standard InChI is InChI=1S/C15H15ClN2OS/c1-10-5-4-6-14(17-10)12-9-11(7-8-13(12)16)15(19)18(2)20-3/h4-9H,1-3H3. The molecule has 104 valence electrons. The first-order valence-electron chi connectivity index (χ1n) is 6.08. The van der Waals surface area contributed by atoms with Crippen LogP contribution in [0.25, 0.3) is 11.3 Å². The summed E-state index contributed by atoms with van der Waals surface area (Å²) in [4.78, 5) is 16.6. The summed E-state index contributed by atoms with van der Waals surface area (Å²) in [5.74, 6) is -0.0527. The molecule has 3 nitrogen and oxygen atoms in total. The lowest BCUT2D eigenvalue weighted by Gasteiger charge is -2.14. The molecule has 1 amide bonds. The molecule has 0 aliphatic carbocycles. The third-order valence-corrected chi connectivity index (χ3v) is 3.98. The van der Waals surface area contributed by atoms with Crippen molar-refractivity contribution in [3.8, 4) is 11.3 Å². The van der Waals surface area contributed by atoms with E-state index in [1.165, 1.54) is 11.9 Å². The molecule has 1 aromatic heterocycles. The minimum absolute atomic E-state index is 0.0527. The first-order valence-corrected chi connectivity index (χ1v) is 7.64. The summed E-state index contributed by atoms with van der Waals surface area (Å²) in [7, 11) is 1.74. The molecule has 5 heteroatoms. The zero-order chi connectivity index (χ0) is 14.7. The number of aromatic nitrogens is 1. The number of halogens is 1. The van der Waals surface area contributed by atoms with Gasteiger partial charge in [-0.15, -0.1) is 0 Å². The van der Waals surface area contributed by atoms with Crippen LogP contribution in [0, 0.1) is 6.92 Å². The SMILES string of the molecule is CSN(C)C(=O)c1ccc(Cl)c(-c2cccc(C)n2)c1. The Morgan fingerprint density at radius 1 is 1.30 bits per heavy atom. The third kappa shape index (κ3) is 3.14. The molecular weight excluding hydrogens is 292 g/mol. The largest absolute Gasteiger partial charge is 0.286 e. The van der Waals surface area contributed by atoms with E-state index in [0.29, 0.717) is 10.6 Å². The highest BCUT2D eigenvalue weighted by atomic mass is 35.5. The maximum absolute atomic E-state index is 12.2. The number of hydrogen-bond donors (Lipinski definition) is 0. The predicted octanol–water partition coefficient (Wildman–Crippen LogP) is 4.06. The molecule has 0 aliphatic heterocycles. The van der Waals surface area contributed by atoms with Crippen LogP contribution in [0.5, 0.6) is 0 Å². The molecule has 1 heterocycles. The van der Waals surface area contributed by atoms with Crippen LogP contribution >= 0.6 is 23.5 Å². The normalized spacial score (nSPS) is 10.4. The van der Waals surface area contributed by atoms with Crippen LogP contribution in [0.4, 0.5) is 0 Å². The van der Waals surface area contributed by atoms with Crippen molar-refractivity contribution in [2.75, 3.05) is 13.3 Å². The number of amides is 1. The minimum Gasteiger partial charge on any atom is -0.286 e. The fourth-order valence-corrected chi connectivity index (χ4v) is 2.30. The number of hydrogen-bond acceptors (Lipinski definition) is 3. The van der Waals surface area contributed by atoms with Crippen molar-refractivity contribution in [2.45, 2.75) is 6.92 Å². The maximum Gasteiger partial charge on any atom is 0.263 e. The average Bonchev–Trinajstić information content (AvgIpc) is 2.46. The lowest BCUT2D eigenvalue weighted by atomic mass is 10.1. The van der Waals surface area contributed by atoms with E-state index < -0.39 is 0 Å². The number of rotatable bonds is 3. The molecule has 0 atom stereocenters. The smallest absolute Gasteiger partial charge is 0.263 e. The van der Waals surface area contributed by atoms with Crippen LogP contribution in [-0.4, -0.2) is 28.5 Å². The summed E-state index contributed by atoms with van der Waals surface area (Å²) in [5, 5.41) is 0.589. The average molecular weight is 307 g/mol. The van der Waals surface area contributed by atoms with E-state index in [0.717, 1.165) is 17.0 Å². The Bertz CT molecular complexity index is 646. The van der Waals surface area contributed by atoms with Crippen molar-refractivity contribution in [2.24, 2.45) is 0 Å². The summed E-state index contributed by atoms with van der Waals surface area (Å²) in [6.07, 6.45) is 1.86. The molecule has 0 unspecified atom stereocenters. The second kappa shape index (κ2) is 6.29. The lowest BCUT2D eigenvalue weighted by Crippen LogP contribution is -2.19.